The molecule has 0 aliphatic heterocycles. The number of anilines is 1. The first-order chi connectivity index (χ1) is 8.49. The van der Waals surface area contributed by atoms with Gasteiger partial charge in [0.2, 0.25) is 0 Å². The Kier molecular flexibility index (Phi) is 5.35. The van der Waals surface area contributed by atoms with E-state index in [9.17, 15) is 9.59 Å². The summed E-state index contributed by atoms with van der Waals surface area (Å²) in [5.74, 6) is 0.561. The molecule has 0 aliphatic rings. The van der Waals surface area contributed by atoms with Gasteiger partial charge in [0.25, 0.3) is 5.56 Å². The Balaban J connectivity index is 2.47. The number of carboxylic acid groups (broad SMARTS) is 1. The molecule has 1 aromatic rings. The van der Waals surface area contributed by atoms with Gasteiger partial charge in [-0.15, -0.1) is 0 Å². The maximum Gasteiger partial charge on any atom is 0.303 e. The van der Waals surface area contributed by atoms with Crippen molar-refractivity contribution in [2.75, 3.05) is 11.9 Å². The van der Waals surface area contributed by atoms with Crippen molar-refractivity contribution in [3.8, 4) is 0 Å². The second-order valence-corrected chi connectivity index (χ2v) is 4.45. The van der Waals surface area contributed by atoms with Crippen molar-refractivity contribution in [1.29, 1.82) is 0 Å². The lowest BCUT2D eigenvalue weighted by Gasteiger charge is -2.08. The summed E-state index contributed by atoms with van der Waals surface area (Å²) < 4.78 is 0. The zero-order valence-electron chi connectivity index (χ0n) is 10.7. The van der Waals surface area contributed by atoms with Crippen LogP contribution in [0.15, 0.2) is 10.9 Å². The molecule has 0 amide bonds. The number of nitrogens with one attached hydrogen (secondary N) is 2. The molecule has 0 radical (unpaired) electrons. The molecule has 0 atom stereocenters. The molecule has 6 nitrogen and oxygen atoms in total. The standard InChI is InChI=1S/C12H19N3O3/c1-8(2)12-14-9(7-10(16)15-12)13-6-4-3-5-11(17)18/h7-8H,3-6H2,1-2H3,(H,17,18)(H2,13,14,15,16). The molecule has 0 unspecified atom stereocenters. The van der Waals surface area contributed by atoms with E-state index in [1.165, 1.54) is 6.07 Å². The van der Waals surface area contributed by atoms with Crippen LogP contribution < -0.4 is 10.9 Å². The molecule has 1 aromatic heterocycles. The topological polar surface area (TPSA) is 95.1 Å². The van der Waals surface area contributed by atoms with Gasteiger partial charge in [-0.2, -0.15) is 0 Å². The van der Waals surface area contributed by atoms with E-state index in [4.69, 9.17) is 5.11 Å². The molecule has 0 bridgehead atoms. The molecule has 0 spiro atoms. The van der Waals surface area contributed by atoms with Gasteiger partial charge in [0.1, 0.15) is 11.6 Å². The van der Waals surface area contributed by atoms with Crippen molar-refractivity contribution >= 4 is 11.8 Å². The van der Waals surface area contributed by atoms with E-state index in [-0.39, 0.29) is 17.9 Å². The van der Waals surface area contributed by atoms with Crippen LogP contribution >= 0.6 is 0 Å². The second kappa shape index (κ2) is 6.78. The smallest absolute Gasteiger partial charge is 0.303 e. The Hall–Kier alpha value is -1.85. The minimum Gasteiger partial charge on any atom is -0.481 e. The molecule has 0 saturated heterocycles. The van der Waals surface area contributed by atoms with E-state index in [1.807, 2.05) is 13.8 Å². The summed E-state index contributed by atoms with van der Waals surface area (Å²) in [6.07, 6.45) is 1.52. The van der Waals surface area contributed by atoms with Crippen molar-refractivity contribution in [1.82, 2.24) is 9.97 Å². The molecule has 3 N–H and O–H groups in total. The number of hydrogen-bond acceptors (Lipinski definition) is 4. The zero-order valence-corrected chi connectivity index (χ0v) is 10.7. The number of rotatable bonds is 7. The van der Waals surface area contributed by atoms with Crippen LogP contribution in [0.25, 0.3) is 0 Å². The number of carbonyl (C=O) groups is 1. The lowest BCUT2D eigenvalue weighted by molar-refractivity contribution is -0.137. The number of aliphatic carboxylic acids is 1. The molecular formula is C12H19N3O3. The summed E-state index contributed by atoms with van der Waals surface area (Å²) in [6, 6.07) is 1.41. The molecular weight excluding hydrogens is 234 g/mol. The number of nitrogens with zero attached hydrogens (tertiary/aromatic N) is 1. The number of aromatic amines is 1. The van der Waals surface area contributed by atoms with Gasteiger partial charge >= 0.3 is 5.97 Å². The molecule has 0 aliphatic carbocycles. The molecule has 6 heteroatoms. The normalized spacial score (nSPS) is 10.6. The molecule has 100 valence electrons. The van der Waals surface area contributed by atoms with E-state index < -0.39 is 5.97 Å². The first-order valence-corrected chi connectivity index (χ1v) is 6.06. The largest absolute Gasteiger partial charge is 0.481 e. The zero-order chi connectivity index (χ0) is 13.5. The second-order valence-electron chi connectivity index (χ2n) is 4.45. The van der Waals surface area contributed by atoms with Gasteiger partial charge in [-0.1, -0.05) is 13.8 Å². The van der Waals surface area contributed by atoms with Crippen LogP contribution in [0, 0.1) is 0 Å². The van der Waals surface area contributed by atoms with Gasteiger partial charge < -0.3 is 15.4 Å². The van der Waals surface area contributed by atoms with Crippen LogP contribution in [0.2, 0.25) is 0 Å². The molecule has 0 fully saturated rings. The van der Waals surface area contributed by atoms with E-state index in [0.29, 0.717) is 24.6 Å². The van der Waals surface area contributed by atoms with E-state index in [2.05, 4.69) is 15.3 Å². The highest BCUT2D eigenvalue weighted by Gasteiger charge is 2.04. The number of hydrogen-bond donors (Lipinski definition) is 3. The van der Waals surface area contributed by atoms with Crippen LogP contribution in [0.5, 0.6) is 0 Å². The van der Waals surface area contributed by atoms with E-state index in [1.54, 1.807) is 0 Å². The summed E-state index contributed by atoms with van der Waals surface area (Å²) in [5, 5.41) is 11.5. The average molecular weight is 253 g/mol. The summed E-state index contributed by atoms with van der Waals surface area (Å²) in [7, 11) is 0. The fourth-order valence-corrected chi connectivity index (χ4v) is 1.46. The summed E-state index contributed by atoms with van der Waals surface area (Å²) in [6.45, 7) is 4.52. The van der Waals surface area contributed by atoms with Gasteiger partial charge in [0.15, 0.2) is 0 Å². The van der Waals surface area contributed by atoms with Crippen molar-refractivity contribution in [3.63, 3.8) is 0 Å². The highest BCUT2D eigenvalue weighted by atomic mass is 16.4. The highest BCUT2D eigenvalue weighted by molar-refractivity contribution is 5.66. The number of H-pyrrole nitrogens is 1. The Morgan fingerprint density at radius 1 is 1.50 bits per heavy atom. The third-order valence-corrected chi connectivity index (χ3v) is 2.43. The van der Waals surface area contributed by atoms with Crippen LogP contribution in [-0.4, -0.2) is 27.6 Å². The van der Waals surface area contributed by atoms with Crippen molar-refractivity contribution in [2.45, 2.75) is 39.0 Å². The first kappa shape index (κ1) is 14.2. The highest BCUT2D eigenvalue weighted by Crippen LogP contribution is 2.09. The van der Waals surface area contributed by atoms with Crippen molar-refractivity contribution in [3.05, 3.63) is 22.2 Å². The Morgan fingerprint density at radius 3 is 2.83 bits per heavy atom. The molecule has 0 saturated carbocycles. The number of unbranched alkanes of at least 4 members (excludes halogenated alkanes) is 1. The van der Waals surface area contributed by atoms with Crippen LogP contribution in [0.1, 0.15) is 44.9 Å². The van der Waals surface area contributed by atoms with Gasteiger partial charge in [0, 0.05) is 24.9 Å². The summed E-state index contributed by atoms with van der Waals surface area (Å²) >= 11 is 0. The van der Waals surface area contributed by atoms with E-state index in [0.717, 1.165) is 6.42 Å². The van der Waals surface area contributed by atoms with Crippen LogP contribution in [-0.2, 0) is 4.79 Å². The van der Waals surface area contributed by atoms with Gasteiger partial charge in [-0.05, 0) is 12.8 Å². The Morgan fingerprint density at radius 2 is 2.22 bits per heavy atom. The predicted molar refractivity (Wildman–Crippen MR) is 68.9 cm³/mol. The minimum atomic E-state index is -0.786. The quantitative estimate of drug-likeness (QED) is 0.641. The van der Waals surface area contributed by atoms with Crippen molar-refractivity contribution < 1.29 is 9.90 Å². The number of aromatic nitrogens is 2. The molecule has 1 heterocycles. The third kappa shape index (κ3) is 4.99. The molecule has 18 heavy (non-hydrogen) atoms. The monoisotopic (exact) mass is 253 g/mol. The predicted octanol–water partition coefficient (Wildman–Crippen LogP) is 1.56. The Bertz CT molecular complexity index is 454. The van der Waals surface area contributed by atoms with Crippen LogP contribution in [0.4, 0.5) is 5.82 Å². The van der Waals surface area contributed by atoms with Gasteiger partial charge in [0.05, 0.1) is 0 Å². The number of carboxylic acids is 1. The van der Waals surface area contributed by atoms with Crippen molar-refractivity contribution in [2.24, 2.45) is 0 Å². The van der Waals surface area contributed by atoms with Gasteiger partial charge in [-0.3, -0.25) is 9.59 Å². The molecule has 0 aromatic carbocycles. The Labute approximate surface area is 105 Å². The maximum absolute atomic E-state index is 11.4. The average Bonchev–Trinajstić information content (AvgIpc) is 2.27. The summed E-state index contributed by atoms with van der Waals surface area (Å²) in [5.41, 5.74) is -0.179. The van der Waals surface area contributed by atoms with Crippen LogP contribution in [0.3, 0.4) is 0 Å². The lowest BCUT2D eigenvalue weighted by atomic mass is 10.2. The fraction of sp³-hybridized carbons (Fsp3) is 0.583. The SMILES string of the molecule is CC(C)c1nc(NCCCCC(=O)O)cc(=O)[nH]1. The van der Waals surface area contributed by atoms with Gasteiger partial charge in [-0.25, -0.2) is 4.98 Å². The first-order valence-electron chi connectivity index (χ1n) is 6.06. The lowest BCUT2D eigenvalue weighted by Crippen LogP contribution is -2.15. The van der Waals surface area contributed by atoms with E-state index >= 15 is 0 Å². The minimum absolute atomic E-state index is 0.159. The molecule has 1 rings (SSSR count). The third-order valence-electron chi connectivity index (χ3n) is 2.43. The maximum atomic E-state index is 11.4. The summed E-state index contributed by atoms with van der Waals surface area (Å²) in [4.78, 5) is 28.7. The fourth-order valence-electron chi connectivity index (χ4n) is 1.46.